The molecule has 160 valence electrons. The van der Waals surface area contributed by atoms with E-state index in [-0.39, 0.29) is 18.5 Å². The number of rotatable bonds is 7. The van der Waals surface area contributed by atoms with Crippen molar-refractivity contribution in [3.8, 4) is 5.75 Å². The largest absolute Gasteiger partial charge is 0.487 e. The molecule has 0 aliphatic carbocycles. The van der Waals surface area contributed by atoms with Crippen molar-refractivity contribution in [2.24, 2.45) is 0 Å². The van der Waals surface area contributed by atoms with Gasteiger partial charge in [0.15, 0.2) is 0 Å². The van der Waals surface area contributed by atoms with E-state index in [0.717, 1.165) is 40.8 Å². The van der Waals surface area contributed by atoms with Gasteiger partial charge in [0.25, 0.3) is 0 Å². The Kier molecular flexibility index (Phi) is 5.99. The number of aromatic nitrogens is 3. The number of hydrogen-bond donors (Lipinski definition) is 3. The number of hydrogen-bond acceptors (Lipinski definition) is 6. The molecule has 1 aliphatic rings. The van der Waals surface area contributed by atoms with E-state index in [4.69, 9.17) is 4.74 Å². The molecule has 7 nitrogen and oxygen atoms in total. The Morgan fingerprint density at radius 3 is 2.93 bits per heavy atom. The lowest BCUT2D eigenvalue weighted by atomic mass is 9.99. The number of nitrogens with one attached hydrogen (secondary N) is 1. The minimum absolute atomic E-state index is 0.255. The molecule has 0 saturated heterocycles. The van der Waals surface area contributed by atoms with Gasteiger partial charge in [0.05, 0.1) is 24.4 Å². The first-order valence-corrected chi connectivity index (χ1v) is 10.2. The van der Waals surface area contributed by atoms with Crippen LogP contribution < -0.4 is 10.1 Å². The summed E-state index contributed by atoms with van der Waals surface area (Å²) < 4.78 is 22.1. The average molecular weight is 414 g/mol. The Bertz CT molecular complexity index is 1040. The summed E-state index contributed by atoms with van der Waals surface area (Å²) in [5, 5.41) is 24.7. The zero-order chi connectivity index (χ0) is 21.3. The second-order valence-corrected chi connectivity index (χ2v) is 7.85. The standard InChI is InChI=1S/C22H27FN4O3/c1-13-18-4-6-27(22(18)26-12-25-13)20(14(2)29)9-17(11-28)30-21-8-16(23)7-15-3-5-24-10-19(15)21/h4,6-8,12,14,17,20,24,28-29H,3,5,9-11H2,1-2H3/t14-,17?,20?/m1/s1. The van der Waals surface area contributed by atoms with Crippen LogP contribution in [-0.4, -0.2) is 50.1 Å². The molecule has 30 heavy (non-hydrogen) atoms. The molecule has 3 N–H and O–H groups in total. The normalized spacial score (nSPS) is 16.8. The summed E-state index contributed by atoms with van der Waals surface area (Å²) in [5.41, 5.74) is 3.43. The predicted molar refractivity (Wildman–Crippen MR) is 111 cm³/mol. The summed E-state index contributed by atoms with van der Waals surface area (Å²) in [6.45, 7) is 4.75. The molecule has 4 rings (SSSR count). The molecule has 0 amide bonds. The van der Waals surface area contributed by atoms with E-state index in [1.807, 2.05) is 23.8 Å². The van der Waals surface area contributed by atoms with Crippen LogP contribution in [-0.2, 0) is 13.0 Å². The molecule has 3 atom stereocenters. The summed E-state index contributed by atoms with van der Waals surface area (Å²) in [4.78, 5) is 8.59. The molecule has 0 saturated carbocycles. The highest BCUT2D eigenvalue weighted by atomic mass is 19.1. The van der Waals surface area contributed by atoms with Crippen LogP contribution in [0.4, 0.5) is 4.39 Å². The Labute approximate surface area is 174 Å². The van der Waals surface area contributed by atoms with Crippen molar-refractivity contribution in [2.75, 3.05) is 13.2 Å². The van der Waals surface area contributed by atoms with Gasteiger partial charge in [-0.3, -0.25) is 0 Å². The highest BCUT2D eigenvalue weighted by Crippen LogP contribution is 2.31. The van der Waals surface area contributed by atoms with Gasteiger partial charge in [-0.05, 0) is 44.5 Å². The monoisotopic (exact) mass is 414 g/mol. The van der Waals surface area contributed by atoms with Crippen molar-refractivity contribution in [1.82, 2.24) is 19.9 Å². The van der Waals surface area contributed by atoms with Gasteiger partial charge in [-0.25, -0.2) is 14.4 Å². The Morgan fingerprint density at radius 2 is 2.17 bits per heavy atom. The molecule has 8 heteroatoms. The second kappa shape index (κ2) is 8.67. The molecule has 3 heterocycles. The van der Waals surface area contributed by atoms with Crippen molar-refractivity contribution in [2.45, 2.75) is 51.5 Å². The molecule has 2 unspecified atom stereocenters. The van der Waals surface area contributed by atoms with Crippen LogP contribution in [0.3, 0.4) is 0 Å². The fourth-order valence-corrected chi connectivity index (χ4v) is 4.15. The first kappa shape index (κ1) is 20.7. The van der Waals surface area contributed by atoms with Gasteiger partial charge in [0.1, 0.15) is 29.6 Å². The number of fused-ring (bicyclic) bond motifs is 2. The lowest BCUT2D eigenvalue weighted by Crippen LogP contribution is -2.32. The van der Waals surface area contributed by atoms with Crippen molar-refractivity contribution in [3.63, 3.8) is 0 Å². The van der Waals surface area contributed by atoms with Crippen molar-refractivity contribution in [1.29, 1.82) is 0 Å². The lowest BCUT2D eigenvalue weighted by Gasteiger charge is -2.28. The van der Waals surface area contributed by atoms with Crippen LogP contribution in [0.2, 0.25) is 0 Å². The molecule has 2 aromatic heterocycles. The molecular weight excluding hydrogens is 387 g/mol. The van der Waals surface area contributed by atoms with E-state index >= 15 is 0 Å². The highest BCUT2D eigenvalue weighted by molar-refractivity contribution is 5.78. The van der Waals surface area contributed by atoms with Gasteiger partial charge >= 0.3 is 0 Å². The number of halogens is 1. The third kappa shape index (κ3) is 4.03. The van der Waals surface area contributed by atoms with Crippen molar-refractivity contribution < 1.29 is 19.3 Å². The average Bonchev–Trinajstić information content (AvgIpc) is 3.15. The van der Waals surface area contributed by atoms with Crippen LogP contribution in [0.25, 0.3) is 11.0 Å². The van der Waals surface area contributed by atoms with E-state index in [1.165, 1.54) is 12.4 Å². The van der Waals surface area contributed by atoms with Gasteiger partial charge in [0, 0.05) is 36.2 Å². The SMILES string of the molecule is Cc1ncnc2c1ccn2C(CC(CO)Oc1cc(F)cc2c1CNCC2)[C@@H](C)O. The zero-order valence-electron chi connectivity index (χ0n) is 17.2. The third-order valence-electron chi connectivity index (χ3n) is 5.76. The van der Waals surface area contributed by atoms with E-state index in [9.17, 15) is 14.6 Å². The van der Waals surface area contributed by atoms with Gasteiger partial charge in [-0.1, -0.05) is 0 Å². The fourth-order valence-electron chi connectivity index (χ4n) is 4.15. The van der Waals surface area contributed by atoms with Gasteiger partial charge < -0.3 is 24.8 Å². The minimum atomic E-state index is -0.711. The van der Waals surface area contributed by atoms with E-state index in [0.29, 0.717) is 18.7 Å². The maximum atomic E-state index is 14.1. The maximum Gasteiger partial charge on any atom is 0.143 e. The number of aryl methyl sites for hydroxylation is 1. The zero-order valence-corrected chi connectivity index (χ0v) is 17.2. The molecule has 1 aromatic carbocycles. The van der Waals surface area contributed by atoms with Gasteiger partial charge in [-0.15, -0.1) is 0 Å². The number of benzene rings is 1. The number of aliphatic hydroxyl groups is 2. The van der Waals surface area contributed by atoms with Crippen LogP contribution >= 0.6 is 0 Å². The Morgan fingerprint density at radius 1 is 1.33 bits per heavy atom. The minimum Gasteiger partial charge on any atom is -0.487 e. The molecule has 0 spiro atoms. The third-order valence-corrected chi connectivity index (χ3v) is 5.76. The van der Waals surface area contributed by atoms with Gasteiger partial charge in [0.2, 0.25) is 0 Å². The van der Waals surface area contributed by atoms with Crippen LogP contribution in [0.1, 0.15) is 36.2 Å². The predicted octanol–water partition coefficient (Wildman–Crippen LogP) is 2.28. The quantitative estimate of drug-likeness (QED) is 0.549. The Hall–Kier alpha value is -2.55. The topological polar surface area (TPSA) is 92.4 Å². The van der Waals surface area contributed by atoms with Crippen LogP contribution in [0.5, 0.6) is 5.75 Å². The molecular formula is C22H27FN4O3. The molecule has 0 bridgehead atoms. The van der Waals surface area contributed by atoms with Crippen LogP contribution in [0, 0.1) is 12.7 Å². The first-order chi connectivity index (χ1) is 14.5. The maximum absolute atomic E-state index is 14.1. The van der Waals surface area contributed by atoms with Crippen LogP contribution in [0.15, 0.2) is 30.7 Å². The summed E-state index contributed by atoms with van der Waals surface area (Å²) in [6.07, 6.45) is 3.11. The fraction of sp³-hybridized carbons (Fsp3) is 0.455. The summed E-state index contributed by atoms with van der Waals surface area (Å²) >= 11 is 0. The van der Waals surface area contributed by atoms with Crippen molar-refractivity contribution in [3.05, 3.63) is 53.4 Å². The summed E-state index contributed by atoms with van der Waals surface area (Å²) in [5.74, 6) is 0.0918. The van der Waals surface area contributed by atoms with Crippen molar-refractivity contribution >= 4 is 11.0 Å². The van der Waals surface area contributed by atoms with Gasteiger partial charge in [-0.2, -0.15) is 0 Å². The summed E-state index contributed by atoms with van der Waals surface area (Å²) in [6, 6.07) is 4.46. The van der Waals surface area contributed by atoms with E-state index < -0.39 is 12.2 Å². The molecule has 1 aliphatic heterocycles. The molecule has 0 radical (unpaired) electrons. The Balaban J connectivity index is 1.62. The first-order valence-electron chi connectivity index (χ1n) is 10.2. The second-order valence-electron chi connectivity index (χ2n) is 7.85. The lowest BCUT2D eigenvalue weighted by molar-refractivity contribution is 0.0581. The number of nitrogens with zero attached hydrogens (tertiary/aromatic N) is 3. The molecule has 3 aromatic rings. The number of aliphatic hydroxyl groups excluding tert-OH is 2. The highest BCUT2D eigenvalue weighted by Gasteiger charge is 2.26. The smallest absolute Gasteiger partial charge is 0.143 e. The number of ether oxygens (including phenoxy) is 1. The summed E-state index contributed by atoms with van der Waals surface area (Å²) in [7, 11) is 0. The van der Waals surface area contributed by atoms with E-state index in [2.05, 4.69) is 15.3 Å². The van der Waals surface area contributed by atoms with E-state index in [1.54, 1.807) is 13.0 Å². The molecule has 0 fully saturated rings.